The fourth-order valence-corrected chi connectivity index (χ4v) is 6.30. The maximum atomic E-state index is 13.2. The fraction of sp³-hybridized carbons (Fsp3) is 0.364. The van der Waals surface area contributed by atoms with Crippen molar-refractivity contribution in [2.75, 3.05) is 24.1 Å². The van der Waals surface area contributed by atoms with Crippen molar-refractivity contribution >= 4 is 44.7 Å². The second-order valence-electron chi connectivity index (χ2n) is 7.73. The van der Waals surface area contributed by atoms with Crippen LogP contribution in [0.4, 0.5) is 5.69 Å². The SMILES string of the molecule is CSc1ccccc1NS(=O)(=O)c1cc(-c2nc(C)cs2)n(CC(=O)N2CCCCC2)c1. The number of para-hydroxylation sites is 1. The van der Waals surface area contributed by atoms with Gasteiger partial charge in [0.2, 0.25) is 5.91 Å². The van der Waals surface area contributed by atoms with Gasteiger partial charge in [-0.2, -0.15) is 0 Å². The minimum atomic E-state index is -3.84. The molecule has 1 fully saturated rings. The molecule has 1 aliphatic rings. The van der Waals surface area contributed by atoms with Gasteiger partial charge >= 0.3 is 0 Å². The lowest BCUT2D eigenvalue weighted by atomic mass is 10.1. The van der Waals surface area contributed by atoms with E-state index in [0.29, 0.717) is 16.4 Å². The number of aromatic nitrogens is 2. The van der Waals surface area contributed by atoms with Gasteiger partial charge in [0.25, 0.3) is 10.0 Å². The molecule has 3 aromatic rings. The van der Waals surface area contributed by atoms with Crippen molar-refractivity contribution in [3.63, 3.8) is 0 Å². The number of carbonyl (C=O) groups excluding carboxylic acids is 1. The van der Waals surface area contributed by atoms with Gasteiger partial charge in [-0.25, -0.2) is 13.4 Å². The monoisotopic (exact) mass is 490 g/mol. The highest BCUT2D eigenvalue weighted by Crippen LogP contribution is 2.31. The molecule has 170 valence electrons. The molecule has 0 bridgehead atoms. The van der Waals surface area contributed by atoms with Crippen molar-refractivity contribution in [2.45, 2.75) is 42.5 Å². The van der Waals surface area contributed by atoms with Crippen molar-refractivity contribution in [3.05, 3.63) is 47.6 Å². The Hall–Kier alpha value is -2.30. The van der Waals surface area contributed by atoms with Crippen LogP contribution in [0.1, 0.15) is 25.0 Å². The number of aryl methyl sites for hydroxylation is 1. The Kier molecular flexibility index (Phi) is 6.92. The summed E-state index contributed by atoms with van der Waals surface area (Å²) in [6, 6.07) is 8.88. The highest BCUT2D eigenvalue weighted by atomic mass is 32.2. The van der Waals surface area contributed by atoms with Gasteiger partial charge < -0.3 is 9.47 Å². The number of nitrogens with one attached hydrogen (secondary N) is 1. The molecule has 0 atom stereocenters. The molecule has 1 amide bonds. The first-order chi connectivity index (χ1) is 15.4. The molecular formula is C22H26N4O3S3. The summed E-state index contributed by atoms with van der Waals surface area (Å²) in [6.07, 6.45) is 6.60. The lowest BCUT2D eigenvalue weighted by Gasteiger charge is -2.27. The zero-order chi connectivity index (χ0) is 22.7. The Bertz CT molecular complexity index is 1210. The second-order valence-corrected chi connectivity index (χ2v) is 11.1. The van der Waals surface area contributed by atoms with Crippen LogP contribution in [0.15, 0.2) is 51.7 Å². The van der Waals surface area contributed by atoms with E-state index in [1.165, 1.54) is 29.3 Å². The number of nitrogens with zero attached hydrogens (tertiary/aromatic N) is 3. The number of benzene rings is 1. The highest BCUT2D eigenvalue weighted by Gasteiger charge is 2.24. The predicted molar refractivity (Wildman–Crippen MR) is 130 cm³/mol. The zero-order valence-electron chi connectivity index (χ0n) is 18.1. The maximum absolute atomic E-state index is 13.2. The molecule has 2 aromatic heterocycles. The summed E-state index contributed by atoms with van der Waals surface area (Å²) < 4.78 is 30.8. The molecule has 3 heterocycles. The number of amides is 1. The summed E-state index contributed by atoms with van der Waals surface area (Å²) in [5.74, 6) is -0.000496. The van der Waals surface area contributed by atoms with Crippen LogP contribution in [0.25, 0.3) is 10.7 Å². The molecule has 0 spiro atoms. The van der Waals surface area contributed by atoms with E-state index in [0.717, 1.165) is 42.9 Å². The molecule has 0 saturated carbocycles. The molecule has 1 N–H and O–H groups in total. The largest absolute Gasteiger partial charge is 0.341 e. The highest BCUT2D eigenvalue weighted by molar-refractivity contribution is 7.99. The minimum Gasteiger partial charge on any atom is -0.341 e. The van der Waals surface area contributed by atoms with Gasteiger partial charge in [-0.1, -0.05) is 12.1 Å². The quantitative estimate of drug-likeness (QED) is 0.495. The summed E-state index contributed by atoms with van der Waals surface area (Å²) in [7, 11) is -3.84. The predicted octanol–water partition coefficient (Wildman–Crippen LogP) is 4.46. The first-order valence-corrected chi connectivity index (χ1v) is 14.0. The van der Waals surface area contributed by atoms with E-state index in [2.05, 4.69) is 9.71 Å². The number of anilines is 1. The van der Waals surface area contributed by atoms with Gasteiger partial charge in [-0.05, 0) is 50.6 Å². The third-order valence-electron chi connectivity index (χ3n) is 5.39. The van der Waals surface area contributed by atoms with E-state index in [-0.39, 0.29) is 17.3 Å². The van der Waals surface area contributed by atoms with Crippen LogP contribution in [-0.4, -0.2) is 48.1 Å². The number of hydrogen-bond acceptors (Lipinski definition) is 6. The van der Waals surface area contributed by atoms with Crippen LogP contribution in [0.3, 0.4) is 0 Å². The number of sulfonamides is 1. The van der Waals surface area contributed by atoms with E-state index in [9.17, 15) is 13.2 Å². The zero-order valence-corrected chi connectivity index (χ0v) is 20.5. The van der Waals surface area contributed by atoms with E-state index >= 15 is 0 Å². The smallest absolute Gasteiger partial charge is 0.263 e. The van der Waals surface area contributed by atoms with Crippen LogP contribution in [-0.2, 0) is 21.4 Å². The Morgan fingerprint density at radius 2 is 1.97 bits per heavy atom. The molecule has 1 saturated heterocycles. The average Bonchev–Trinajstić information content (AvgIpc) is 3.41. The average molecular weight is 491 g/mol. The first kappa shape index (κ1) is 22.9. The summed E-state index contributed by atoms with van der Waals surface area (Å²) in [6.45, 7) is 3.49. The van der Waals surface area contributed by atoms with Crippen molar-refractivity contribution in [3.8, 4) is 10.7 Å². The van der Waals surface area contributed by atoms with E-state index in [1.54, 1.807) is 22.8 Å². The summed E-state index contributed by atoms with van der Waals surface area (Å²) in [5.41, 5.74) is 2.02. The Morgan fingerprint density at radius 3 is 2.66 bits per heavy atom. The Morgan fingerprint density at radius 1 is 1.22 bits per heavy atom. The molecule has 4 rings (SSSR count). The standard InChI is InChI=1S/C22H26N4O3S3/c1-16-15-31-22(23-16)19-12-17(13-26(19)14-21(27)25-10-6-3-7-11-25)32(28,29)24-18-8-4-5-9-20(18)30-2/h4-5,8-9,12-13,15,24H,3,6-7,10-11,14H2,1-2H3. The molecule has 7 nitrogen and oxygen atoms in total. The van der Waals surface area contributed by atoms with Crippen molar-refractivity contribution in [1.29, 1.82) is 0 Å². The first-order valence-electron chi connectivity index (χ1n) is 10.4. The third-order valence-corrected chi connectivity index (χ3v) is 8.50. The van der Waals surface area contributed by atoms with Crippen molar-refractivity contribution in [2.24, 2.45) is 0 Å². The fourth-order valence-electron chi connectivity index (χ4n) is 3.73. The Balaban J connectivity index is 1.67. The van der Waals surface area contributed by atoms with E-state index < -0.39 is 10.0 Å². The van der Waals surface area contributed by atoms with Crippen LogP contribution in [0, 0.1) is 6.92 Å². The number of thiazole rings is 1. The molecule has 1 aromatic carbocycles. The lowest BCUT2D eigenvalue weighted by Crippen LogP contribution is -2.37. The van der Waals surface area contributed by atoms with Gasteiger partial charge in [0.05, 0.1) is 11.4 Å². The summed E-state index contributed by atoms with van der Waals surface area (Å²) >= 11 is 2.91. The number of rotatable bonds is 7. The molecule has 0 unspecified atom stereocenters. The molecule has 1 aliphatic heterocycles. The normalized spacial score (nSPS) is 14.5. The van der Waals surface area contributed by atoms with E-state index in [4.69, 9.17) is 0 Å². The number of thioether (sulfide) groups is 1. The van der Waals surface area contributed by atoms with Gasteiger partial charge in [0, 0.05) is 35.3 Å². The maximum Gasteiger partial charge on any atom is 0.263 e. The molecule has 0 aliphatic carbocycles. The summed E-state index contributed by atoms with van der Waals surface area (Å²) in [5, 5.41) is 2.61. The van der Waals surface area contributed by atoms with Crippen LogP contribution in [0.2, 0.25) is 0 Å². The van der Waals surface area contributed by atoms with Gasteiger partial charge in [0.15, 0.2) is 0 Å². The third kappa shape index (κ3) is 5.02. The van der Waals surface area contributed by atoms with Gasteiger partial charge in [0.1, 0.15) is 16.4 Å². The van der Waals surface area contributed by atoms with Gasteiger partial charge in [-0.15, -0.1) is 23.1 Å². The van der Waals surface area contributed by atoms with Crippen molar-refractivity contribution < 1.29 is 13.2 Å². The molecule has 10 heteroatoms. The minimum absolute atomic E-state index is 0.000496. The number of likely N-dealkylation sites (tertiary alicyclic amines) is 1. The molecule has 0 radical (unpaired) electrons. The molecule has 32 heavy (non-hydrogen) atoms. The number of carbonyl (C=O) groups is 1. The lowest BCUT2D eigenvalue weighted by molar-refractivity contribution is -0.132. The topological polar surface area (TPSA) is 84.3 Å². The van der Waals surface area contributed by atoms with Gasteiger partial charge in [-0.3, -0.25) is 9.52 Å². The Labute approximate surface area is 196 Å². The number of hydrogen-bond donors (Lipinski definition) is 1. The van der Waals surface area contributed by atoms with Crippen molar-refractivity contribution in [1.82, 2.24) is 14.5 Å². The van der Waals surface area contributed by atoms with Crippen LogP contribution < -0.4 is 4.72 Å². The second kappa shape index (κ2) is 9.68. The van der Waals surface area contributed by atoms with Crippen LogP contribution >= 0.6 is 23.1 Å². The number of piperidine rings is 1. The molecular weight excluding hydrogens is 464 g/mol. The summed E-state index contributed by atoms with van der Waals surface area (Å²) in [4.78, 5) is 20.2. The van der Waals surface area contributed by atoms with E-state index in [1.807, 2.05) is 35.6 Å². The van der Waals surface area contributed by atoms with Crippen LogP contribution in [0.5, 0.6) is 0 Å².